The monoisotopic (exact) mass is 360 g/mol. The van der Waals surface area contributed by atoms with Crippen molar-refractivity contribution in [3.63, 3.8) is 0 Å². The summed E-state index contributed by atoms with van der Waals surface area (Å²) in [6, 6.07) is 7.09. The van der Waals surface area contributed by atoms with Gasteiger partial charge in [0.15, 0.2) is 6.61 Å². The van der Waals surface area contributed by atoms with E-state index in [4.69, 9.17) is 16.3 Å². The van der Waals surface area contributed by atoms with Gasteiger partial charge in [0, 0.05) is 43.1 Å². The van der Waals surface area contributed by atoms with Crippen molar-refractivity contribution in [1.82, 2.24) is 9.80 Å². The van der Waals surface area contributed by atoms with Crippen molar-refractivity contribution in [2.45, 2.75) is 0 Å². The number of piperazine rings is 1. The third kappa shape index (κ3) is 4.65. The first kappa shape index (κ1) is 15.6. The summed E-state index contributed by atoms with van der Waals surface area (Å²) in [5.41, 5.74) is 0. The summed E-state index contributed by atoms with van der Waals surface area (Å²) in [6.07, 6.45) is 0. The van der Waals surface area contributed by atoms with E-state index in [9.17, 15) is 4.79 Å². The Hall–Kier alpha value is -0.780. The fourth-order valence-corrected chi connectivity index (χ4v) is 2.82. The molecule has 0 aliphatic carbocycles. The van der Waals surface area contributed by atoms with Crippen LogP contribution in [0.25, 0.3) is 0 Å². The molecule has 6 heteroatoms. The summed E-state index contributed by atoms with van der Waals surface area (Å²) in [7, 11) is 0. The normalized spacial score (nSPS) is 16.2. The average molecular weight is 362 g/mol. The Morgan fingerprint density at radius 1 is 1.30 bits per heavy atom. The highest BCUT2D eigenvalue weighted by Crippen LogP contribution is 2.17. The lowest BCUT2D eigenvalue weighted by molar-refractivity contribution is -0.135. The topological polar surface area (TPSA) is 32.8 Å². The lowest BCUT2D eigenvalue weighted by Gasteiger charge is -2.34. The molecule has 0 radical (unpaired) electrons. The number of amides is 1. The van der Waals surface area contributed by atoms with E-state index in [1.54, 1.807) is 24.3 Å². The number of benzene rings is 1. The van der Waals surface area contributed by atoms with Gasteiger partial charge in [0.25, 0.3) is 5.91 Å². The molecule has 4 nitrogen and oxygen atoms in total. The zero-order valence-electron chi connectivity index (χ0n) is 11.2. The molecular weight excluding hydrogens is 344 g/mol. The Balaban J connectivity index is 1.76. The molecule has 20 heavy (non-hydrogen) atoms. The van der Waals surface area contributed by atoms with Crippen molar-refractivity contribution in [3.05, 3.63) is 29.3 Å². The predicted octanol–water partition coefficient (Wildman–Crippen LogP) is 2.26. The van der Waals surface area contributed by atoms with E-state index in [1.165, 1.54) is 0 Å². The maximum Gasteiger partial charge on any atom is 0.260 e. The van der Waals surface area contributed by atoms with Gasteiger partial charge in [-0.05, 0) is 18.2 Å². The zero-order chi connectivity index (χ0) is 14.4. The minimum absolute atomic E-state index is 0.0310. The molecule has 1 amide bonds. The van der Waals surface area contributed by atoms with Crippen LogP contribution in [0.2, 0.25) is 5.02 Å². The van der Waals surface area contributed by atoms with E-state index in [0.29, 0.717) is 10.8 Å². The van der Waals surface area contributed by atoms with E-state index in [-0.39, 0.29) is 12.5 Å². The van der Waals surface area contributed by atoms with Crippen LogP contribution in [0.4, 0.5) is 0 Å². The minimum Gasteiger partial charge on any atom is -0.484 e. The van der Waals surface area contributed by atoms with Gasteiger partial charge in [-0.1, -0.05) is 33.6 Å². The Morgan fingerprint density at radius 2 is 2.05 bits per heavy atom. The fourth-order valence-electron chi connectivity index (χ4n) is 2.13. The predicted molar refractivity (Wildman–Crippen MR) is 83.8 cm³/mol. The molecule has 1 fully saturated rings. The maximum atomic E-state index is 12.1. The van der Waals surface area contributed by atoms with Crippen LogP contribution in [0.1, 0.15) is 0 Å². The molecule has 0 N–H and O–H groups in total. The van der Waals surface area contributed by atoms with Crippen LogP contribution in [-0.4, -0.2) is 60.4 Å². The molecule has 110 valence electrons. The molecule has 1 aliphatic heterocycles. The summed E-state index contributed by atoms with van der Waals surface area (Å²) >= 11 is 9.30. The van der Waals surface area contributed by atoms with E-state index in [1.807, 2.05) is 4.90 Å². The van der Waals surface area contributed by atoms with Crippen LogP contribution in [0, 0.1) is 0 Å². The zero-order valence-corrected chi connectivity index (χ0v) is 13.6. The number of halogens is 2. The Morgan fingerprint density at radius 3 is 2.70 bits per heavy atom. The van der Waals surface area contributed by atoms with Crippen molar-refractivity contribution in [3.8, 4) is 5.75 Å². The lowest BCUT2D eigenvalue weighted by Crippen LogP contribution is -2.50. The van der Waals surface area contributed by atoms with Gasteiger partial charge >= 0.3 is 0 Å². The van der Waals surface area contributed by atoms with E-state index in [2.05, 4.69) is 20.8 Å². The van der Waals surface area contributed by atoms with Crippen LogP contribution >= 0.6 is 27.5 Å². The number of hydrogen-bond acceptors (Lipinski definition) is 3. The largest absolute Gasteiger partial charge is 0.484 e. The average Bonchev–Trinajstić information content (AvgIpc) is 2.46. The van der Waals surface area contributed by atoms with Gasteiger partial charge in [0.1, 0.15) is 5.75 Å². The highest BCUT2D eigenvalue weighted by atomic mass is 79.9. The SMILES string of the molecule is O=C(COc1cccc(Cl)c1)N1CCN(CCBr)CC1. The number of ether oxygens (including phenoxy) is 1. The highest BCUT2D eigenvalue weighted by Gasteiger charge is 2.20. The number of hydrogen-bond donors (Lipinski definition) is 0. The van der Waals surface area contributed by atoms with Gasteiger partial charge in [-0.25, -0.2) is 0 Å². The summed E-state index contributed by atoms with van der Waals surface area (Å²) in [6.45, 7) is 4.48. The molecule has 1 saturated heterocycles. The molecule has 0 unspecified atom stereocenters. The molecular formula is C14H18BrClN2O2. The van der Waals surface area contributed by atoms with Gasteiger partial charge in [-0.2, -0.15) is 0 Å². The van der Waals surface area contributed by atoms with Crippen LogP contribution in [-0.2, 0) is 4.79 Å². The molecule has 0 spiro atoms. The molecule has 0 atom stereocenters. The molecule has 1 aromatic carbocycles. The van der Waals surface area contributed by atoms with Crippen LogP contribution in [0.5, 0.6) is 5.75 Å². The lowest BCUT2D eigenvalue weighted by atomic mass is 10.3. The van der Waals surface area contributed by atoms with E-state index >= 15 is 0 Å². The van der Waals surface area contributed by atoms with Crippen molar-refractivity contribution >= 4 is 33.4 Å². The first-order valence-corrected chi connectivity index (χ1v) is 8.13. The number of rotatable bonds is 5. The second-order valence-electron chi connectivity index (χ2n) is 4.66. The van der Waals surface area contributed by atoms with Gasteiger partial charge in [0.2, 0.25) is 0 Å². The smallest absolute Gasteiger partial charge is 0.260 e. The molecule has 1 aromatic rings. The van der Waals surface area contributed by atoms with Crippen LogP contribution in [0.3, 0.4) is 0 Å². The van der Waals surface area contributed by atoms with Gasteiger partial charge in [-0.3, -0.25) is 9.69 Å². The Labute approximate surface area is 132 Å². The molecule has 2 rings (SSSR count). The van der Waals surface area contributed by atoms with Gasteiger partial charge in [-0.15, -0.1) is 0 Å². The standard InChI is InChI=1S/C14H18BrClN2O2/c15-4-5-17-6-8-18(9-7-17)14(19)11-20-13-3-1-2-12(16)10-13/h1-3,10H,4-9,11H2. The highest BCUT2D eigenvalue weighted by molar-refractivity contribution is 9.09. The van der Waals surface area contributed by atoms with Crippen molar-refractivity contribution in [1.29, 1.82) is 0 Å². The summed E-state index contributed by atoms with van der Waals surface area (Å²) in [5.74, 6) is 0.659. The Kier molecular flexibility index (Phi) is 6.13. The first-order chi connectivity index (χ1) is 9.69. The molecule has 1 aliphatic rings. The van der Waals surface area contributed by atoms with Gasteiger partial charge < -0.3 is 9.64 Å². The third-order valence-electron chi connectivity index (χ3n) is 3.28. The quantitative estimate of drug-likeness (QED) is 0.754. The van der Waals surface area contributed by atoms with Crippen molar-refractivity contribution < 1.29 is 9.53 Å². The summed E-state index contributed by atoms with van der Waals surface area (Å²) in [5, 5.41) is 1.58. The van der Waals surface area contributed by atoms with Crippen molar-refractivity contribution in [2.24, 2.45) is 0 Å². The fraction of sp³-hybridized carbons (Fsp3) is 0.500. The van der Waals surface area contributed by atoms with Crippen LogP contribution < -0.4 is 4.74 Å². The van der Waals surface area contributed by atoms with Crippen LogP contribution in [0.15, 0.2) is 24.3 Å². The first-order valence-electron chi connectivity index (χ1n) is 6.63. The summed E-state index contributed by atoms with van der Waals surface area (Å²) < 4.78 is 5.48. The number of nitrogens with zero attached hydrogens (tertiary/aromatic N) is 2. The maximum absolute atomic E-state index is 12.1. The van der Waals surface area contributed by atoms with Crippen molar-refractivity contribution in [2.75, 3.05) is 44.7 Å². The van der Waals surface area contributed by atoms with E-state index in [0.717, 1.165) is 38.1 Å². The Bertz CT molecular complexity index is 451. The number of alkyl halides is 1. The minimum atomic E-state index is 0.0310. The second-order valence-corrected chi connectivity index (χ2v) is 5.89. The van der Waals surface area contributed by atoms with Gasteiger partial charge in [0.05, 0.1) is 0 Å². The van der Waals surface area contributed by atoms with E-state index < -0.39 is 0 Å². The molecule has 1 heterocycles. The number of carbonyl (C=O) groups excluding carboxylic acids is 1. The molecule has 0 saturated carbocycles. The number of carbonyl (C=O) groups is 1. The second kappa shape index (κ2) is 7.86. The summed E-state index contributed by atoms with van der Waals surface area (Å²) in [4.78, 5) is 16.3. The molecule has 0 aromatic heterocycles. The third-order valence-corrected chi connectivity index (χ3v) is 3.87. The molecule has 0 bridgehead atoms.